The summed E-state index contributed by atoms with van der Waals surface area (Å²) in [6.07, 6.45) is 0. The van der Waals surface area contributed by atoms with Gasteiger partial charge in [-0.2, -0.15) is 0 Å². The number of carbonyl (C=O) groups is 1. The van der Waals surface area contributed by atoms with E-state index in [0.717, 1.165) is 13.1 Å². The van der Waals surface area contributed by atoms with Gasteiger partial charge in [0.05, 0.1) is 12.5 Å². The first-order chi connectivity index (χ1) is 8.31. The summed E-state index contributed by atoms with van der Waals surface area (Å²) in [5.74, 6) is 1.23. The number of carbonyl (C=O) groups excluding carboxylic acids is 1. The molecule has 0 radical (unpaired) electrons. The number of fused-ring (bicyclic) bond motifs is 1. The highest BCUT2D eigenvalue weighted by molar-refractivity contribution is 5.77. The van der Waals surface area contributed by atoms with Gasteiger partial charge in [0.25, 0.3) is 0 Å². The average molecular weight is 231 g/mol. The molecular weight excluding hydrogens is 214 g/mol. The largest absolute Gasteiger partial charge is 0.466 e. The molecule has 2 aliphatic rings. The van der Waals surface area contributed by atoms with Gasteiger partial charge in [0.2, 0.25) is 0 Å². The summed E-state index contributed by atoms with van der Waals surface area (Å²) in [5.41, 5.74) is 1.27. The van der Waals surface area contributed by atoms with E-state index in [1.807, 2.05) is 13.0 Å². The van der Waals surface area contributed by atoms with Crippen LogP contribution in [0.25, 0.3) is 0 Å². The molecule has 1 aromatic carbocycles. The predicted molar refractivity (Wildman–Crippen MR) is 65.8 cm³/mol. The van der Waals surface area contributed by atoms with E-state index in [0.29, 0.717) is 18.4 Å². The number of rotatable bonds is 3. The van der Waals surface area contributed by atoms with Gasteiger partial charge in [-0.05, 0) is 30.9 Å². The van der Waals surface area contributed by atoms with Crippen molar-refractivity contribution in [1.29, 1.82) is 0 Å². The van der Waals surface area contributed by atoms with Gasteiger partial charge in [0, 0.05) is 18.8 Å². The third-order valence-electron chi connectivity index (χ3n) is 3.87. The maximum atomic E-state index is 11.6. The van der Waals surface area contributed by atoms with E-state index in [1.165, 1.54) is 5.69 Å². The zero-order chi connectivity index (χ0) is 11.8. The smallest absolute Gasteiger partial charge is 0.309 e. The van der Waals surface area contributed by atoms with Crippen LogP contribution >= 0.6 is 0 Å². The SMILES string of the molecule is CCOC(=O)C1[C@H]2CN(c3ccccc3)C[C@@H]12. The summed E-state index contributed by atoms with van der Waals surface area (Å²) in [4.78, 5) is 14.0. The number of hydrogen-bond acceptors (Lipinski definition) is 3. The Bertz CT molecular complexity index is 405. The minimum atomic E-state index is 0.00946. The maximum absolute atomic E-state index is 11.6. The first kappa shape index (κ1) is 10.6. The van der Waals surface area contributed by atoms with Crippen molar-refractivity contribution < 1.29 is 9.53 Å². The number of nitrogens with zero attached hydrogens (tertiary/aromatic N) is 1. The lowest BCUT2D eigenvalue weighted by Crippen LogP contribution is -2.26. The zero-order valence-electron chi connectivity index (χ0n) is 10.0. The van der Waals surface area contributed by atoms with Gasteiger partial charge in [0.15, 0.2) is 0 Å². The molecule has 3 nitrogen and oxygen atoms in total. The van der Waals surface area contributed by atoms with E-state index in [9.17, 15) is 4.79 Å². The van der Waals surface area contributed by atoms with Crippen molar-refractivity contribution in [3.63, 3.8) is 0 Å². The molecule has 3 atom stereocenters. The molecule has 1 aliphatic carbocycles. The Kier molecular flexibility index (Phi) is 2.54. The van der Waals surface area contributed by atoms with E-state index in [2.05, 4.69) is 29.2 Å². The molecule has 1 aliphatic heterocycles. The Labute approximate surface area is 101 Å². The van der Waals surface area contributed by atoms with Crippen LogP contribution in [0.5, 0.6) is 0 Å². The summed E-state index contributed by atoms with van der Waals surface area (Å²) in [7, 11) is 0. The Hall–Kier alpha value is -1.51. The second-order valence-corrected chi connectivity index (χ2v) is 4.85. The highest BCUT2D eigenvalue weighted by atomic mass is 16.5. The molecule has 17 heavy (non-hydrogen) atoms. The minimum Gasteiger partial charge on any atom is -0.466 e. The molecule has 1 unspecified atom stereocenters. The molecule has 2 fully saturated rings. The van der Waals surface area contributed by atoms with E-state index in [-0.39, 0.29) is 11.9 Å². The monoisotopic (exact) mass is 231 g/mol. The molecule has 3 heteroatoms. The average Bonchev–Trinajstić information content (AvgIpc) is 2.86. The van der Waals surface area contributed by atoms with Crippen LogP contribution < -0.4 is 4.90 Å². The van der Waals surface area contributed by atoms with Crippen LogP contribution in [-0.2, 0) is 9.53 Å². The fourth-order valence-electron chi connectivity index (χ4n) is 2.96. The highest BCUT2D eigenvalue weighted by Gasteiger charge is 2.60. The fourth-order valence-corrected chi connectivity index (χ4v) is 2.96. The third kappa shape index (κ3) is 1.79. The van der Waals surface area contributed by atoms with Crippen LogP contribution in [-0.4, -0.2) is 25.7 Å². The molecule has 0 N–H and O–H groups in total. The van der Waals surface area contributed by atoms with Crippen LogP contribution in [0.2, 0.25) is 0 Å². The van der Waals surface area contributed by atoms with Gasteiger partial charge in [0.1, 0.15) is 0 Å². The molecule has 3 rings (SSSR count). The predicted octanol–water partition coefficient (Wildman–Crippen LogP) is 1.93. The van der Waals surface area contributed by atoms with Gasteiger partial charge in [-0.15, -0.1) is 0 Å². The standard InChI is InChI=1S/C14H17NO2/c1-2-17-14(16)13-11-8-15(9-12(11)13)10-6-4-3-5-7-10/h3-7,11-13H,2,8-9H2,1H3/t11-,12+,13?. The summed E-state index contributed by atoms with van der Waals surface area (Å²) < 4.78 is 5.09. The normalized spacial score (nSPS) is 29.9. The lowest BCUT2D eigenvalue weighted by molar-refractivity contribution is -0.145. The van der Waals surface area contributed by atoms with E-state index < -0.39 is 0 Å². The summed E-state index contributed by atoms with van der Waals surface area (Å²) in [6, 6.07) is 10.4. The van der Waals surface area contributed by atoms with Gasteiger partial charge < -0.3 is 9.64 Å². The first-order valence-corrected chi connectivity index (χ1v) is 6.28. The van der Waals surface area contributed by atoms with Crippen LogP contribution in [0.15, 0.2) is 30.3 Å². The number of piperidine rings is 1. The molecule has 0 aromatic heterocycles. The molecule has 1 saturated heterocycles. The van der Waals surface area contributed by atoms with Gasteiger partial charge in [-0.25, -0.2) is 0 Å². The molecule has 0 spiro atoms. The maximum Gasteiger partial charge on any atom is 0.309 e. The number of ether oxygens (including phenoxy) is 1. The first-order valence-electron chi connectivity index (χ1n) is 6.28. The minimum absolute atomic E-state index is 0.00946. The van der Waals surface area contributed by atoms with Crippen molar-refractivity contribution in [3.8, 4) is 0 Å². The number of hydrogen-bond donors (Lipinski definition) is 0. The van der Waals surface area contributed by atoms with Crippen molar-refractivity contribution in [2.45, 2.75) is 6.92 Å². The molecule has 1 aromatic rings. The third-order valence-corrected chi connectivity index (χ3v) is 3.87. The van der Waals surface area contributed by atoms with E-state index in [1.54, 1.807) is 0 Å². The van der Waals surface area contributed by atoms with Gasteiger partial charge in [-0.1, -0.05) is 18.2 Å². The van der Waals surface area contributed by atoms with Crippen molar-refractivity contribution >= 4 is 11.7 Å². The second kappa shape index (κ2) is 4.06. The van der Waals surface area contributed by atoms with Crippen LogP contribution in [0.1, 0.15) is 6.92 Å². The molecular formula is C14H17NO2. The molecule has 90 valence electrons. The highest BCUT2D eigenvalue weighted by Crippen LogP contribution is 2.53. The van der Waals surface area contributed by atoms with Gasteiger partial charge >= 0.3 is 5.97 Å². The Balaban J connectivity index is 1.60. The van der Waals surface area contributed by atoms with Gasteiger partial charge in [-0.3, -0.25) is 4.79 Å². The topological polar surface area (TPSA) is 29.5 Å². The van der Waals surface area contributed by atoms with Crippen LogP contribution in [0, 0.1) is 17.8 Å². The Morgan fingerprint density at radius 1 is 1.29 bits per heavy atom. The van der Waals surface area contributed by atoms with Crippen LogP contribution in [0.4, 0.5) is 5.69 Å². The number of para-hydroxylation sites is 1. The van der Waals surface area contributed by atoms with Crippen molar-refractivity contribution in [3.05, 3.63) is 30.3 Å². The van der Waals surface area contributed by atoms with Crippen molar-refractivity contribution in [1.82, 2.24) is 0 Å². The van der Waals surface area contributed by atoms with Crippen LogP contribution in [0.3, 0.4) is 0 Å². The summed E-state index contributed by atoms with van der Waals surface area (Å²) in [5, 5.41) is 0. The number of anilines is 1. The summed E-state index contributed by atoms with van der Waals surface area (Å²) in [6.45, 7) is 4.36. The quantitative estimate of drug-likeness (QED) is 0.744. The van der Waals surface area contributed by atoms with E-state index >= 15 is 0 Å². The molecule has 1 saturated carbocycles. The fraction of sp³-hybridized carbons (Fsp3) is 0.500. The second-order valence-electron chi connectivity index (χ2n) is 4.85. The van der Waals surface area contributed by atoms with E-state index in [4.69, 9.17) is 4.74 Å². The zero-order valence-corrected chi connectivity index (χ0v) is 10.0. The Morgan fingerprint density at radius 3 is 2.53 bits per heavy atom. The lowest BCUT2D eigenvalue weighted by atomic mass is 10.2. The Morgan fingerprint density at radius 2 is 1.94 bits per heavy atom. The number of esters is 1. The van der Waals surface area contributed by atoms with Crippen molar-refractivity contribution in [2.24, 2.45) is 17.8 Å². The molecule has 0 amide bonds. The number of benzene rings is 1. The van der Waals surface area contributed by atoms with Crippen molar-refractivity contribution in [2.75, 3.05) is 24.6 Å². The summed E-state index contributed by atoms with van der Waals surface area (Å²) >= 11 is 0. The molecule has 1 heterocycles. The lowest BCUT2D eigenvalue weighted by Gasteiger charge is -2.21. The molecule has 0 bridgehead atoms.